The second-order valence-corrected chi connectivity index (χ2v) is 7.21. The molecule has 0 aromatic carbocycles. The average Bonchev–Trinajstić information content (AvgIpc) is 3.31. The first-order valence-corrected chi connectivity index (χ1v) is 8.93. The van der Waals surface area contributed by atoms with Crippen LogP contribution in [0.4, 0.5) is 0 Å². The molecular weight excluding hydrogens is 278 g/mol. The van der Waals surface area contributed by atoms with Crippen LogP contribution in [-0.4, -0.2) is 34.1 Å². The fourth-order valence-electron chi connectivity index (χ4n) is 3.89. The molecule has 1 amide bonds. The first-order chi connectivity index (χ1) is 10.8. The number of hydrogen-bond acceptors (Lipinski definition) is 4. The lowest BCUT2D eigenvalue weighted by Gasteiger charge is -2.31. The predicted octanol–water partition coefficient (Wildman–Crippen LogP) is 3.23. The van der Waals surface area contributed by atoms with Gasteiger partial charge in [0, 0.05) is 24.9 Å². The number of hydrogen-bond donors (Lipinski definition) is 0. The molecular formula is C17H25N3O2. The minimum atomic E-state index is 0.237. The molecule has 1 unspecified atom stereocenters. The summed E-state index contributed by atoms with van der Waals surface area (Å²) in [6.07, 6.45) is 10.5. The quantitative estimate of drug-likeness (QED) is 0.860. The van der Waals surface area contributed by atoms with E-state index in [4.69, 9.17) is 4.42 Å². The highest BCUT2D eigenvalue weighted by molar-refractivity contribution is 5.81. The van der Waals surface area contributed by atoms with Crippen molar-refractivity contribution < 1.29 is 9.21 Å². The van der Waals surface area contributed by atoms with Gasteiger partial charge in [-0.15, -0.1) is 10.2 Å². The Labute approximate surface area is 131 Å². The van der Waals surface area contributed by atoms with E-state index in [0.29, 0.717) is 17.7 Å². The summed E-state index contributed by atoms with van der Waals surface area (Å²) in [7, 11) is 0. The number of amides is 1. The van der Waals surface area contributed by atoms with Crippen LogP contribution in [0, 0.1) is 5.92 Å². The fraction of sp³-hybridized carbons (Fsp3) is 0.824. The zero-order valence-electron chi connectivity index (χ0n) is 13.2. The maximum Gasteiger partial charge on any atom is 0.225 e. The lowest BCUT2D eigenvalue weighted by Crippen LogP contribution is -2.40. The van der Waals surface area contributed by atoms with Crippen molar-refractivity contribution in [2.75, 3.05) is 13.1 Å². The van der Waals surface area contributed by atoms with E-state index in [1.54, 1.807) is 0 Å². The van der Waals surface area contributed by atoms with Crippen molar-refractivity contribution in [1.82, 2.24) is 15.1 Å². The Balaban J connectivity index is 1.42. The lowest BCUT2D eigenvalue weighted by atomic mass is 9.89. The number of carbonyl (C=O) groups is 1. The molecule has 5 heteroatoms. The highest BCUT2D eigenvalue weighted by Crippen LogP contribution is 2.36. The molecule has 2 aliphatic carbocycles. The molecule has 1 atom stereocenters. The van der Waals surface area contributed by atoms with Crippen LogP contribution in [-0.2, 0) is 4.79 Å². The number of nitrogens with zero attached hydrogens (tertiary/aromatic N) is 3. The molecule has 1 saturated heterocycles. The summed E-state index contributed by atoms with van der Waals surface area (Å²) in [5, 5.41) is 8.63. The summed E-state index contributed by atoms with van der Waals surface area (Å²) in [6.45, 7) is 1.66. The molecule has 22 heavy (non-hydrogen) atoms. The summed E-state index contributed by atoms with van der Waals surface area (Å²) in [5.74, 6) is 2.94. The molecule has 120 valence electrons. The molecule has 2 heterocycles. The van der Waals surface area contributed by atoms with Crippen LogP contribution < -0.4 is 0 Å². The molecule has 0 N–H and O–H groups in total. The highest BCUT2D eigenvalue weighted by atomic mass is 16.4. The van der Waals surface area contributed by atoms with Crippen molar-refractivity contribution in [1.29, 1.82) is 0 Å². The molecule has 3 fully saturated rings. The van der Waals surface area contributed by atoms with E-state index in [-0.39, 0.29) is 5.92 Å². The van der Waals surface area contributed by atoms with Gasteiger partial charge in [-0.05, 0) is 38.5 Å². The Morgan fingerprint density at radius 3 is 2.32 bits per heavy atom. The van der Waals surface area contributed by atoms with E-state index in [1.165, 1.54) is 32.1 Å². The summed E-state index contributed by atoms with van der Waals surface area (Å²) >= 11 is 0. The topological polar surface area (TPSA) is 59.2 Å². The SMILES string of the molecule is O=C(C1CC1)N1CCCC(c2nnc(C3CCCCC3)o2)C1. The van der Waals surface area contributed by atoms with E-state index in [9.17, 15) is 4.79 Å². The van der Waals surface area contributed by atoms with Crippen molar-refractivity contribution in [3.63, 3.8) is 0 Å². The molecule has 4 rings (SSSR count). The molecule has 1 aromatic heterocycles. The Kier molecular flexibility index (Phi) is 3.89. The van der Waals surface area contributed by atoms with Crippen molar-refractivity contribution in [2.45, 2.75) is 69.6 Å². The maximum absolute atomic E-state index is 12.2. The average molecular weight is 303 g/mol. The molecule has 1 aliphatic heterocycles. The summed E-state index contributed by atoms with van der Waals surface area (Å²) < 4.78 is 6.01. The largest absolute Gasteiger partial charge is 0.425 e. The van der Waals surface area contributed by atoms with Gasteiger partial charge in [0.1, 0.15) is 0 Å². The third kappa shape index (κ3) is 2.90. The van der Waals surface area contributed by atoms with Gasteiger partial charge in [0.05, 0.1) is 5.92 Å². The second kappa shape index (κ2) is 6.01. The van der Waals surface area contributed by atoms with Crippen molar-refractivity contribution in [3.05, 3.63) is 11.8 Å². The van der Waals surface area contributed by atoms with Crippen LogP contribution in [0.1, 0.15) is 81.4 Å². The predicted molar refractivity (Wildman–Crippen MR) is 81.4 cm³/mol. The standard InChI is InChI=1S/C17H25N3O2/c21-17(13-8-9-13)20-10-4-7-14(11-20)16-19-18-15(22-16)12-5-2-1-3-6-12/h12-14H,1-11H2. The van der Waals surface area contributed by atoms with E-state index in [1.807, 2.05) is 4.90 Å². The van der Waals surface area contributed by atoms with Crippen molar-refractivity contribution in [3.8, 4) is 0 Å². The number of carbonyl (C=O) groups excluding carboxylic acids is 1. The van der Waals surface area contributed by atoms with E-state index < -0.39 is 0 Å². The van der Waals surface area contributed by atoms with Crippen molar-refractivity contribution in [2.24, 2.45) is 5.92 Å². The van der Waals surface area contributed by atoms with Gasteiger partial charge in [0.2, 0.25) is 17.7 Å². The minimum Gasteiger partial charge on any atom is -0.425 e. The van der Waals surface area contributed by atoms with Gasteiger partial charge in [-0.2, -0.15) is 0 Å². The van der Waals surface area contributed by atoms with Crippen LogP contribution in [0.5, 0.6) is 0 Å². The van der Waals surface area contributed by atoms with Crippen LogP contribution in [0.3, 0.4) is 0 Å². The number of likely N-dealkylation sites (tertiary alicyclic amines) is 1. The third-order valence-electron chi connectivity index (χ3n) is 5.42. The van der Waals surface area contributed by atoms with Crippen LogP contribution in [0.15, 0.2) is 4.42 Å². The minimum absolute atomic E-state index is 0.237. The first-order valence-electron chi connectivity index (χ1n) is 8.93. The van der Waals surface area contributed by atoms with E-state index in [2.05, 4.69) is 10.2 Å². The molecule has 5 nitrogen and oxygen atoms in total. The summed E-state index contributed by atoms with van der Waals surface area (Å²) in [4.78, 5) is 14.3. The second-order valence-electron chi connectivity index (χ2n) is 7.21. The van der Waals surface area contributed by atoms with Crippen LogP contribution in [0.25, 0.3) is 0 Å². The summed E-state index contributed by atoms with van der Waals surface area (Å²) in [5.41, 5.74) is 0. The number of aromatic nitrogens is 2. The Morgan fingerprint density at radius 1 is 0.909 bits per heavy atom. The first kappa shape index (κ1) is 14.2. The molecule has 1 aromatic rings. The molecule has 0 spiro atoms. The zero-order chi connectivity index (χ0) is 14.9. The van der Waals surface area contributed by atoms with Gasteiger partial charge >= 0.3 is 0 Å². The normalized spacial score (nSPS) is 27.1. The van der Waals surface area contributed by atoms with Gasteiger partial charge < -0.3 is 9.32 Å². The van der Waals surface area contributed by atoms with Crippen LogP contribution >= 0.6 is 0 Å². The number of piperidine rings is 1. The van der Waals surface area contributed by atoms with Gasteiger partial charge in [-0.25, -0.2) is 0 Å². The van der Waals surface area contributed by atoms with Gasteiger partial charge in [0.15, 0.2) is 0 Å². The molecule has 0 radical (unpaired) electrons. The smallest absolute Gasteiger partial charge is 0.225 e. The monoisotopic (exact) mass is 303 g/mol. The van der Waals surface area contributed by atoms with Gasteiger partial charge in [-0.3, -0.25) is 4.79 Å². The summed E-state index contributed by atoms with van der Waals surface area (Å²) in [6, 6.07) is 0. The Bertz CT molecular complexity index is 532. The zero-order valence-corrected chi connectivity index (χ0v) is 13.2. The molecule has 2 saturated carbocycles. The highest BCUT2D eigenvalue weighted by Gasteiger charge is 2.36. The molecule has 0 bridgehead atoms. The number of rotatable bonds is 3. The van der Waals surface area contributed by atoms with E-state index in [0.717, 1.165) is 50.6 Å². The third-order valence-corrected chi connectivity index (χ3v) is 5.42. The van der Waals surface area contributed by atoms with Crippen molar-refractivity contribution >= 4 is 5.91 Å². The maximum atomic E-state index is 12.2. The lowest BCUT2D eigenvalue weighted by molar-refractivity contribution is -0.133. The molecule has 3 aliphatic rings. The van der Waals surface area contributed by atoms with Crippen LogP contribution in [0.2, 0.25) is 0 Å². The fourth-order valence-corrected chi connectivity index (χ4v) is 3.89. The Morgan fingerprint density at radius 2 is 1.59 bits per heavy atom. The van der Waals surface area contributed by atoms with Gasteiger partial charge in [0.25, 0.3) is 0 Å². The van der Waals surface area contributed by atoms with E-state index >= 15 is 0 Å². The van der Waals surface area contributed by atoms with Gasteiger partial charge in [-0.1, -0.05) is 19.3 Å². The Hall–Kier alpha value is -1.39.